The predicted molar refractivity (Wildman–Crippen MR) is 164 cm³/mol. The highest BCUT2D eigenvalue weighted by molar-refractivity contribution is 6.02. The van der Waals surface area contributed by atoms with Crippen molar-refractivity contribution in [2.75, 3.05) is 16.8 Å². The molecule has 0 fully saturated rings. The number of nitrogens with zero attached hydrogens (tertiary/aromatic N) is 1. The number of nitrogens with one attached hydrogen (secondary N) is 2. The Bertz CT molecular complexity index is 1250. The molecule has 0 aliphatic carbocycles. The third-order valence-corrected chi connectivity index (χ3v) is 6.03. The minimum Gasteiger partial charge on any atom is -0.372 e. The van der Waals surface area contributed by atoms with Crippen molar-refractivity contribution in [3.05, 3.63) is 53.8 Å². The second kappa shape index (κ2) is 21.8. The number of alkyl halides is 9. The third kappa shape index (κ3) is 17.2. The lowest BCUT2D eigenvalue weighted by Crippen LogP contribution is -2.50. The van der Waals surface area contributed by atoms with Gasteiger partial charge in [-0.3, -0.25) is 14.4 Å². The Morgan fingerprint density at radius 2 is 1.52 bits per heavy atom. The summed E-state index contributed by atoms with van der Waals surface area (Å²) in [6.45, 7) is 10.3. The van der Waals surface area contributed by atoms with Gasteiger partial charge in [-0.1, -0.05) is 47.6 Å². The first-order valence-corrected chi connectivity index (χ1v) is 14.9. The van der Waals surface area contributed by atoms with E-state index in [1.54, 1.807) is 0 Å². The molecule has 0 saturated carbocycles. The van der Waals surface area contributed by atoms with Crippen LogP contribution in [0.1, 0.15) is 72.8 Å². The van der Waals surface area contributed by atoms with E-state index in [2.05, 4.69) is 16.4 Å². The van der Waals surface area contributed by atoms with Crippen molar-refractivity contribution < 1.29 is 58.3 Å². The Balaban J connectivity index is 0. The fraction of sp³-hybridized carbons (Fsp3) is 0.516. The van der Waals surface area contributed by atoms with Gasteiger partial charge in [0, 0.05) is 24.4 Å². The SMILES string of the molecule is CC.CC.CCC(CCC(F)(F)F)C(=O)NC1CN(c2cccc(C(F)(F)F)c2)c2ccc(F)cc2NC1=O.CCC(F)(F)F.NC=O. The smallest absolute Gasteiger partial charge is 0.372 e. The van der Waals surface area contributed by atoms with Gasteiger partial charge in [0.1, 0.15) is 11.9 Å². The van der Waals surface area contributed by atoms with Gasteiger partial charge >= 0.3 is 18.5 Å². The van der Waals surface area contributed by atoms with Crippen LogP contribution >= 0.6 is 0 Å². The Hall–Kier alpha value is -4.05. The highest BCUT2D eigenvalue weighted by Gasteiger charge is 2.35. The molecule has 7 nitrogen and oxygen atoms in total. The molecular formula is C31H42F10N4O3. The van der Waals surface area contributed by atoms with Crippen LogP contribution in [-0.2, 0) is 20.6 Å². The van der Waals surface area contributed by atoms with Crippen molar-refractivity contribution in [1.82, 2.24) is 5.32 Å². The maximum atomic E-state index is 13.9. The normalized spacial score (nSPS) is 14.6. The summed E-state index contributed by atoms with van der Waals surface area (Å²) >= 11 is 0. The van der Waals surface area contributed by atoms with Crippen LogP contribution in [-0.4, -0.2) is 43.2 Å². The zero-order valence-corrected chi connectivity index (χ0v) is 27.3. The van der Waals surface area contributed by atoms with Crippen LogP contribution in [0.15, 0.2) is 42.5 Å². The van der Waals surface area contributed by atoms with Crippen molar-refractivity contribution in [1.29, 1.82) is 0 Å². The van der Waals surface area contributed by atoms with Crippen LogP contribution in [0.5, 0.6) is 0 Å². The van der Waals surface area contributed by atoms with Gasteiger partial charge in [-0.25, -0.2) is 4.39 Å². The van der Waals surface area contributed by atoms with Crippen LogP contribution in [0.2, 0.25) is 0 Å². The molecule has 17 heteroatoms. The first-order chi connectivity index (χ1) is 22.3. The van der Waals surface area contributed by atoms with E-state index in [0.29, 0.717) is 0 Å². The van der Waals surface area contributed by atoms with E-state index in [4.69, 9.17) is 4.79 Å². The van der Waals surface area contributed by atoms with Crippen molar-refractivity contribution in [2.45, 2.75) is 91.8 Å². The Morgan fingerprint density at radius 1 is 0.979 bits per heavy atom. The average Bonchev–Trinajstić information content (AvgIpc) is 3.14. The predicted octanol–water partition coefficient (Wildman–Crippen LogP) is 8.90. The van der Waals surface area contributed by atoms with Crippen molar-refractivity contribution in [3.8, 4) is 0 Å². The molecule has 1 aliphatic rings. The summed E-state index contributed by atoms with van der Waals surface area (Å²) in [5.74, 6) is -3.33. The van der Waals surface area contributed by atoms with Gasteiger partial charge in [0.15, 0.2) is 0 Å². The number of fused-ring (bicyclic) bond motifs is 1. The molecule has 3 amide bonds. The zero-order valence-electron chi connectivity index (χ0n) is 27.3. The van der Waals surface area contributed by atoms with E-state index in [1.165, 1.54) is 30.0 Å². The minimum atomic E-state index is -4.65. The first-order valence-electron chi connectivity index (χ1n) is 14.9. The molecule has 0 bridgehead atoms. The second-order valence-electron chi connectivity index (χ2n) is 9.23. The van der Waals surface area contributed by atoms with Crippen LogP contribution < -0.4 is 21.3 Å². The number of halogens is 10. The summed E-state index contributed by atoms with van der Waals surface area (Å²) in [6, 6.07) is 6.21. The average molecular weight is 709 g/mol. The molecule has 2 aromatic carbocycles. The first kappa shape index (κ1) is 46.1. The lowest BCUT2D eigenvalue weighted by atomic mass is 9.98. The summed E-state index contributed by atoms with van der Waals surface area (Å²) in [5.41, 5.74) is 3.38. The molecule has 2 aromatic rings. The van der Waals surface area contributed by atoms with Crippen molar-refractivity contribution in [3.63, 3.8) is 0 Å². The highest BCUT2D eigenvalue weighted by atomic mass is 19.4. The van der Waals surface area contributed by atoms with Gasteiger partial charge < -0.3 is 21.3 Å². The molecule has 274 valence electrons. The van der Waals surface area contributed by atoms with E-state index in [-0.39, 0.29) is 36.4 Å². The number of nitrogens with two attached hydrogens (primary N) is 1. The quantitative estimate of drug-likeness (QED) is 0.206. The molecular weight excluding hydrogens is 666 g/mol. The molecule has 3 rings (SSSR count). The second-order valence-corrected chi connectivity index (χ2v) is 9.23. The van der Waals surface area contributed by atoms with Gasteiger partial charge in [-0.05, 0) is 49.2 Å². The van der Waals surface area contributed by atoms with Gasteiger partial charge in [0.2, 0.25) is 18.2 Å². The molecule has 1 aliphatic heterocycles. The van der Waals surface area contributed by atoms with Crippen molar-refractivity contribution >= 4 is 35.3 Å². The Kier molecular flexibility index (Phi) is 20.9. The van der Waals surface area contributed by atoms with Gasteiger partial charge in [-0.15, -0.1) is 0 Å². The summed E-state index contributed by atoms with van der Waals surface area (Å²) in [4.78, 5) is 35.4. The largest absolute Gasteiger partial charge is 0.416 e. The lowest BCUT2D eigenvalue weighted by molar-refractivity contribution is -0.142. The molecule has 1 heterocycles. The number of hydrogen-bond donors (Lipinski definition) is 3. The number of carbonyl (C=O) groups is 3. The lowest BCUT2D eigenvalue weighted by Gasteiger charge is -2.28. The third-order valence-electron chi connectivity index (χ3n) is 6.03. The summed E-state index contributed by atoms with van der Waals surface area (Å²) in [6.07, 6.45) is -15.1. The summed E-state index contributed by atoms with van der Waals surface area (Å²) in [7, 11) is 0. The zero-order chi connectivity index (χ0) is 37.9. The van der Waals surface area contributed by atoms with Gasteiger partial charge in [0.25, 0.3) is 0 Å². The highest BCUT2D eigenvalue weighted by Crippen LogP contribution is 2.38. The molecule has 0 saturated heterocycles. The van der Waals surface area contributed by atoms with E-state index >= 15 is 0 Å². The van der Waals surface area contributed by atoms with Crippen LogP contribution in [0.3, 0.4) is 0 Å². The van der Waals surface area contributed by atoms with Crippen LogP contribution in [0, 0.1) is 11.7 Å². The van der Waals surface area contributed by atoms with Crippen molar-refractivity contribution in [2.24, 2.45) is 11.7 Å². The molecule has 0 radical (unpaired) electrons. The van der Waals surface area contributed by atoms with Gasteiger partial charge in [0.05, 0.1) is 23.5 Å². The summed E-state index contributed by atoms with van der Waals surface area (Å²) < 4.78 is 124. The maximum Gasteiger partial charge on any atom is 0.416 e. The Labute approximate surface area is 273 Å². The molecule has 2 atom stereocenters. The van der Waals surface area contributed by atoms with E-state index < -0.39 is 72.9 Å². The fourth-order valence-corrected chi connectivity index (χ4v) is 3.78. The van der Waals surface area contributed by atoms with Crippen LogP contribution in [0.25, 0.3) is 0 Å². The Morgan fingerprint density at radius 3 is 1.98 bits per heavy atom. The van der Waals surface area contributed by atoms with E-state index in [9.17, 15) is 53.5 Å². The number of amides is 3. The molecule has 2 unspecified atom stereocenters. The monoisotopic (exact) mass is 708 g/mol. The number of rotatable bonds is 6. The topological polar surface area (TPSA) is 105 Å². The molecule has 4 N–H and O–H groups in total. The van der Waals surface area contributed by atoms with E-state index in [1.807, 2.05) is 27.7 Å². The number of hydrogen-bond acceptors (Lipinski definition) is 4. The number of carbonyl (C=O) groups excluding carboxylic acids is 3. The standard InChI is InChI=1S/C23H22F7N3O2.C3H5F3.2C2H6.CH3NO/c1-2-13(8-9-22(25,26)27)20(34)32-18-12-33(16-5-3-4-14(10-16)23(28,29)30)19-7-6-15(24)11-17(19)31-21(18)35;1-2-3(4,5)6;2*1-2;2-1-3/h3-7,10-11,13,18H,2,8-9,12H2,1H3,(H,31,35)(H,32,34);2H2,1H3;2*1-2H3;1H,(H2,2,3). The summed E-state index contributed by atoms with van der Waals surface area (Å²) in [5, 5.41) is 4.85. The minimum absolute atomic E-state index is 0.0209. The number of benzene rings is 2. The number of primary amides is 1. The molecule has 48 heavy (non-hydrogen) atoms. The fourth-order valence-electron chi connectivity index (χ4n) is 3.78. The maximum absolute atomic E-state index is 13.9. The molecule has 0 spiro atoms. The van der Waals surface area contributed by atoms with E-state index in [0.717, 1.165) is 31.2 Å². The van der Waals surface area contributed by atoms with Gasteiger partial charge in [-0.2, -0.15) is 39.5 Å². The van der Waals surface area contributed by atoms with Crippen LogP contribution in [0.4, 0.5) is 61.0 Å². The number of anilines is 3. The molecule has 0 aromatic heterocycles.